The van der Waals surface area contributed by atoms with Gasteiger partial charge in [0.1, 0.15) is 12.4 Å². The van der Waals surface area contributed by atoms with E-state index >= 15 is 0 Å². The van der Waals surface area contributed by atoms with Crippen LogP contribution in [0.4, 0.5) is 0 Å². The van der Waals surface area contributed by atoms with Crippen LogP contribution in [-0.4, -0.2) is 31.8 Å². The number of carbonyl (C=O) groups excluding carboxylic acids is 1. The number of benzene rings is 1. The summed E-state index contributed by atoms with van der Waals surface area (Å²) < 4.78 is 12.2. The lowest BCUT2D eigenvalue weighted by Crippen LogP contribution is -2.24. The summed E-state index contributed by atoms with van der Waals surface area (Å²) in [5.41, 5.74) is 0.664. The van der Waals surface area contributed by atoms with Crippen LogP contribution < -0.4 is 10.1 Å². The lowest BCUT2D eigenvalue weighted by atomic mass is 10.0. The lowest BCUT2D eigenvalue weighted by Gasteiger charge is -2.13. The first-order valence-electron chi connectivity index (χ1n) is 13.5. The number of hydrogen-bond acceptors (Lipinski definition) is 3. The average Bonchev–Trinajstić information content (AvgIpc) is 3.34. The van der Waals surface area contributed by atoms with Gasteiger partial charge in [-0.15, -0.1) is 0 Å². The Kier molecular flexibility index (Phi) is 15.6. The van der Waals surface area contributed by atoms with E-state index in [0.29, 0.717) is 12.2 Å². The average molecular weight is 525 g/mol. The van der Waals surface area contributed by atoms with Gasteiger partial charge in [-0.05, 0) is 53.4 Å². The maximum absolute atomic E-state index is 12.4. The summed E-state index contributed by atoms with van der Waals surface area (Å²) >= 11 is 3.53. The number of unbranched alkanes of at least 4 members (excludes halogenated alkanes) is 13. The maximum Gasteiger partial charge on any atom is 0.251 e. The zero-order chi connectivity index (χ0) is 23.6. The van der Waals surface area contributed by atoms with Gasteiger partial charge in [0.2, 0.25) is 0 Å². The Bertz CT molecular complexity index is 646. The lowest BCUT2D eigenvalue weighted by molar-refractivity contribution is 0.0677. The van der Waals surface area contributed by atoms with Crippen molar-refractivity contribution in [2.24, 2.45) is 0 Å². The molecule has 0 radical (unpaired) electrons. The van der Waals surface area contributed by atoms with Gasteiger partial charge < -0.3 is 14.8 Å². The molecule has 0 aromatic heterocycles. The quantitative estimate of drug-likeness (QED) is 0.186. The van der Waals surface area contributed by atoms with Gasteiger partial charge in [0.15, 0.2) is 0 Å². The highest BCUT2D eigenvalue weighted by Gasteiger charge is 2.17. The largest absolute Gasteiger partial charge is 0.490 e. The molecule has 0 bridgehead atoms. The van der Waals surface area contributed by atoms with Crippen LogP contribution in [0, 0.1) is 0 Å². The van der Waals surface area contributed by atoms with Crippen molar-refractivity contribution in [3.05, 3.63) is 28.2 Å². The van der Waals surface area contributed by atoms with Crippen LogP contribution in [0.15, 0.2) is 22.7 Å². The summed E-state index contributed by atoms with van der Waals surface area (Å²) in [6.07, 6.45) is 21.2. The smallest absolute Gasteiger partial charge is 0.251 e. The topological polar surface area (TPSA) is 47.6 Å². The normalized spacial score (nSPS) is 15.6. The molecule has 4 nitrogen and oxygen atoms in total. The highest BCUT2D eigenvalue weighted by Crippen LogP contribution is 2.27. The molecule has 1 unspecified atom stereocenters. The Morgan fingerprint density at radius 2 is 1.58 bits per heavy atom. The van der Waals surface area contributed by atoms with E-state index in [1.165, 1.54) is 83.5 Å². The first kappa shape index (κ1) is 28.2. The zero-order valence-electron chi connectivity index (χ0n) is 20.8. The first-order valence-corrected chi connectivity index (χ1v) is 14.3. The molecule has 1 heterocycles. The number of halogens is 1. The Morgan fingerprint density at radius 3 is 2.12 bits per heavy atom. The molecule has 1 aromatic rings. The Balaban J connectivity index is 1.44. The summed E-state index contributed by atoms with van der Waals surface area (Å²) in [5, 5.41) is 3.05. The number of ether oxygens (including phenoxy) is 2. The van der Waals surface area contributed by atoms with Gasteiger partial charge >= 0.3 is 0 Å². The molecule has 1 saturated heterocycles. The monoisotopic (exact) mass is 523 g/mol. The number of amides is 1. The molecular weight excluding hydrogens is 478 g/mol. The van der Waals surface area contributed by atoms with Crippen molar-refractivity contribution >= 4 is 21.8 Å². The van der Waals surface area contributed by atoms with Crippen molar-refractivity contribution in [2.45, 2.75) is 116 Å². The highest BCUT2D eigenvalue weighted by molar-refractivity contribution is 9.10. The Labute approximate surface area is 210 Å². The summed E-state index contributed by atoms with van der Waals surface area (Å²) in [6.45, 7) is 4.41. The third kappa shape index (κ3) is 12.8. The fraction of sp³-hybridized carbons (Fsp3) is 0.750. The first-order chi connectivity index (χ1) is 16.2. The van der Waals surface area contributed by atoms with Crippen molar-refractivity contribution in [3.8, 4) is 5.75 Å². The van der Waals surface area contributed by atoms with Crippen LogP contribution in [0.3, 0.4) is 0 Å². The molecule has 0 saturated carbocycles. The molecule has 1 amide bonds. The van der Waals surface area contributed by atoms with Gasteiger partial charge in [-0.1, -0.05) is 90.4 Å². The molecule has 5 heteroatoms. The standard InChI is InChI=1S/C28H46BrNO3/c1-2-3-4-5-6-7-8-9-10-11-12-13-14-15-20-30-28(31)24-18-19-27(26(29)22-24)33-23-25-17-16-21-32-25/h18-19,22,25H,2-17,20-21,23H2,1H3,(H,30,31). The van der Waals surface area contributed by atoms with E-state index in [1.807, 2.05) is 18.2 Å². The van der Waals surface area contributed by atoms with Crippen LogP contribution in [0.25, 0.3) is 0 Å². The predicted octanol–water partition coefficient (Wildman–Crippen LogP) is 8.22. The molecule has 188 valence electrons. The third-order valence-corrected chi connectivity index (χ3v) is 7.08. The number of nitrogens with one attached hydrogen (secondary N) is 1. The summed E-state index contributed by atoms with van der Waals surface area (Å²) in [5.74, 6) is 0.741. The molecule has 1 atom stereocenters. The fourth-order valence-corrected chi connectivity index (χ4v) is 4.83. The minimum atomic E-state index is -0.0175. The maximum atomic E-state index is 12.4. The van der Waals surface area contributed by atoms with Gasteiger partial charge in [0, 0.05) is 18.7 Å². The summed E-state index contributed by atoms with van der Waals surface area (Å²) in [6, 6.07) is 5.53. The van der Waals surface area contributed by atoms with Crippen molar-refractivity contribution in [1.29, 1.82) is 0 Å². The molecule has 33 heavy (non-hydrogen) atoms. The number of hydrogen-bond donors (Lipinski definition) is 1. The van der Waals surface area contributed by atoms with Gasteiger partial charge in [0.25, 0.3) is 5.91 Å². The highest BCUT2D eigenvalue weighted by atomic mass is 79.9. The molecule has 1 aliphatic rings. The van der Waals surface area contributed by atoms with E-state index in [0.717, 1.165) is 42.6 Å². The zero-order valence-corrected chi connectivity index (χ0v) is 22.4. The van der Waals surface area contributed by atoms with Crippen molar-refractivity contribution in [1.82, 2.24) is 5.32 Å². The van der Waals surface area contributed by atoms with Gasteiger partial charge in [-0.2, -0.15) is 0 Å². The Hall–Kier alpha value is -1.07. The third-order valence-electron chi connectivity index (χ3n) is 6.46. The van der Waals surface area contributed by atoms with Crippen molar-refractivity contribution in [3.63, 3.8) is 0 Å². The molecule has 0 aliphatic carbocycles. The van der Waals surface area contributed by atoms with Crippen molar-refractivity contribution < 1.29 is 14.3 Å². The van der Waals surface area contributed by atoms with Gasteiger partial charge in [-0.25, -0.2) is 0 Å². The van der Waals surface area contributed by atoms with Crippen molar-refractivity contribution in [2.75, 3.05) is 19.8 Å². The van der Waals surface area contributed by atoms with Crippen LogP contribution >= 0.6 is 15.9 Å². The molecule has 2 rings (SSSR count). The second-order valence-electron chi connectivity index (χ2n) is 9.44. The number of carbonyl (C=O) groups is 1. The van der Waals surface area contributed by atoms with E-state index in [-0.39, 0.29) is 12.0 Å². The molecular formula is C28H46BrNO3. The molecule has 1 N–H and O–H groups in total. The van der Waals surface area contributed by atoms with E-state index in [4.69, 9.17) is 9.47 Å². The Morgan fingerprint density at radius 1 is 0.970 bits per heavy atom. The van der Waals surface area contributed by atoms with Crippen LogP contribution in [0.5, 0.6) is 5.75 Å². The van der Waals surface area contributed by atoms with E-state index in [1.54, 1.807) is 0 Å². The van der Waals surface area contributed by atoms with Crippen LogP contribution in [0.2, 0.25) is 0 Å². The minimum Gasteiger partial charge on any atom is -0.490 e. The van der Waals surface area contributed by atoms with E-state index in [2.05, 4.69) is 28.2 Å². The summed E-state index contributed by atoms with van der Waals surface area (Å²) in [4.78, 5) is 12.4. The van der Waals surface area contributed by atoms with Crippen LogP contribution in [-0.2, 0) is 4.74 Å². The second kappa shape index (κ2) is 18.3. The van der Waals surface area contributed by atoms with E-state index in [9.17, 15) is 4.79 Å². The SMILES string of the molecule is CCCCCCCCCCCCCCCCNC(=O)c1ccc(OCC2CCCO2)c(Br)c1. The predicted molar refractivity (Wildman–Crippen MR) is 141 cm³/mol. The summed E-state index contributed by atoms with van der Waals surface area (Å²) in [7, 11) is 0. The fourth-order valence-electron chi connectivity index (χ4n) is 4.34. The van der Waals surface area contributed by atoms with Gasteiger partial charge in [0.05, 0.1) is 10.6 Å². The molecule has 1 aromatic carbocycles. The number of rotatable bonds is 19. The minimum absolute atomic E-state index is 0.0175. The molecule has 1 fully saturated rings. The molecule has 1 aliphatic heterocycles. The van der Waals surface area contributed by atoms with Gasteiger partial charge in [-0.3, -0.25) is 4.79 Å². The van der Waals surface area contributed by atoms with E-state index < -0.39 is 0 Å². The molecule has 0 spiro atoms. The van der Waals surface area contributed by atoms with Crippen LogP contribution in [0.1, 0.15) is 120 Å². The second-order valence-corrected chi connectivity index (χ2v) is 10.3.